The van der Waals surface area contributed by atoms with Gasteiger partial charge >= 0.3 is 5.69 Å². The molecule has 0 bridgehead atoms. The molecule has 1 amide bonds. The maximum absolute atomic E-state index is 13.1. The zero-order valence-electron chi connectivity index (χ0n) is 17.3. The highest BCUT2D eigenvalue weighted by atomic mass is 16.2. The lowest BCUT2D eigenvalue weighted by Gasteiger charge is -2.31. The van der Waals surface area contributed by atoms with Crippen LogP contribution < -0.4 is 16.6 Å². The lowest BCUT2D eigenvalue weighted by molar-refractivity contribution is 0.0907. The number of hydrogen-bond acceptors (Lipinski definition) is 4. The van der Waals surface area contributed by atoms with Gasteiger partial charge in [-0.15, -0.1) is 0 Å². The van der Waals surface area contributed by atoms with Crippen LogP contribution in [0.3, 0.4) is 0 Å². The second-order valence-corrected chi connectivity index (χ2v) is 8.03. The van der Waals surface area contributed by atoms with E-state index < -0.39 is 11.2 Å². The normalized spacial score (nSPS) is 15.8. The van der Waals surface area contributed by atoms with Gasteiger partial charge in [0.1, 0.15) is 11.3 Å². The van der Waals surface area contributed by atoms with Crippen LogP contribution in [0.4, 0.5) is 0 Å². The quantitative estimate of drug-likeness (QED) is 0.722. The van der Waals surface area contributed by atoms with Gasteiger partial charge in [0.2, 0.25) is 0 Å². The van der Waals surface area contributed by atoms with Gasteiger partial charge in [0.25, 0.3) is 11.5 Å². The number of carbonyl (C=O) groups excluding carboxylic acids is 1. The molecular formula is C23H26N4O3. The number of aromatic nitrogens is 3. The third-order valence-electron chi connectivity index (χ3n) is 6.10. The second kappa shape index (κ2) is 8.26. The number of aryl methyl sites for hydroxylation is 1. The van der Waals surface area contributed by atoms with Gasteiger partial charge in [-0.1, -0.05) is 49.6 Å². The zero-order chi connectivity index (χ0) is 21.3. The summed E-state index contributed by atoms with van der Waals surface area (Å²) < 4.78 is 2.33. The minimum absolute atomic E-state index is 0.0936. The highest BCUT2D eigenvalue weighted by Gasteiger charge is 2.27. The van der Waals surface area contributed by atoms with Gasteiger partial charge in [-0.2, -0.15) is 0 Å². The molecule has 0 saturated heterocycles. The first-order chi connectivity index (χ1) is 14.5. The Morgan fingerprint density at radius 2 is 1.70 bits per heavy atom. The largest absolute Gasteiger partial charge is 0.344 e. The number of nitrogens with one attached hydrogen (secondary N) is 1. The molecule has 1 N–H and O–H groups in total. The van der Waals surface area contributed by atoms with E-state index in [1.54, 1.807) is 19.2 Å². The summed E-state index contributed by atoms with van der Waals surface area (Å²) in [5.74, 6) is 0.0756. The van der Waals surface area contributed by atoms with Gasteiger partial charge < -0.3 is 5.32 Å². The van der Waals surface area contributed by atoms with Crippen LogP contribution in [-0.4, -0.2) is 20.0 Å². The third kappa shape index (κ3) is 3.67. The van der Waals surface area contributed by atoms with Crippen molar-refractivity contribution in [3.05, 3.63) is 74.6 Å². The highest BCUT2D eigenvalue weighted by Crippen LogP contribution is 2.34. The minimum atomic E-state index is -0.470. The summed E-state index contributed by atoms with van der Waals surface area (Å²) in [7, 11) is 2.98. The smallest absolute Gasteiger partial charge is 0.332 e. The maximum Gasteiger partial charge on any atom is 0.332 e. The van der Waals surface area contributed by atoms with E-state index in [2.05, 4.69) is 10.3 Å². The Balaban J connectivity index is 1.69. The van der Waals surface area contributed by atoms with E-state index in [0.717, 1.165) is 23.0 Å². The lowest BCUT2D eigenvalue weighted by Crippen LogP contribution is -2.38. The SMILES string of the molecule is Cn1c(=O)c2ccc(C(=O)NC(c3ccccc3)C3CCCCC3)nc2n(C)c1=O. The van der Waals surface area contributed by atoms with E-state index in [0.29, 0.717) is 11.3 Å². The van der Waals surface area contributed by atoms with Gasteiger partial charge in [0, 0.05) is 14.1 Å². The van der Waals surface area contributed by atoms with E-state index >= 15 is 0 Å². The Bertz CT molecular complexity index is 1190. The number of pyridine rings is 1. The fourth-order valence-corrected chi connectivity index (χ4v) is 4.40. The summed E-state index contributed by atoms with van der Waals surface area (Å²) in [6, 6.07) is 13.0. The van der Waals surface area contributed by atoms with Crippen molar-refractivity contribution in [2.75, 3.05) is 0 Å². The summed E-state index contributed by atoms with van der Waals surface area (Å²) in [6.07, 6.45) is 5.74. The molecule has 1 aromatic carbocycles. The fourth-order valence-electron chi connectivity index (χ4n) is 4.40. The molecule has 3 aromatic rings. The molecule has 7 heteroatoms. The molecule has 1 atom stereocenters. The Kier molecular flexibility index (Phi) is 5.53. The molecule has 0 aliphatic heterocycles. The average Bonchev–Trinajstić information content (AvgIpc) is 2.80. The van der Waals surface area contributed by atoms with Gasteiger partial charge in [0.05, 0.1) is 11.4 Å². The number of rotatable bonds is 4. The predicted molar refractivity (Wildman–Crippen MR) is 115 cm³/mol. The van der Waals surface area contributed by atoms with E-state index in [4.69, 9.17) is 0 Å². The number of fused-ring (bicyclic) bond motifs is 1. The summed E-state index contributed by atoms with van der Waals surface area (Å²) in [5.41, 5.74) is 0.603. The molecule has 2 aromatic heterocycles. The predicted octanol–water partition coefficient (Wildman–Crippen LogP) is 2.68. The Morgan fingerprint density at radius 1 is 1.00 bits per heavy atom. The summed E-state index contributed by atoms with van der Waals surface area (Å²) >= 11 is 0. The van der Waals surface area contributed by atoms with Gasteiger partial charge in [-0.05, 0) is 36.5 Å². The van der Waals surface area contributed by atoms with Gasteiger partial charge in [-0.3, -0.25) is 18.7 Å². The van der Waals surface area contributed by atoms with Gasteiger partial charge in [0.15, 0.2) is 0 Å². The number of hydrogen-bond donors (Lipinski definition) is 1. The highest BCUT2D eigenvalue weighted by molar-refractivity contribution is 5.94. The second-order valence-electron chi connectivity index (χ2n) is 8.03. The molecule has 1 unspecified atom stereocenters. The van der Waals surface area contributed by atoms with E-state index in [1.165, 1.54) is 30.9 Å². The van der Waals surface area contributed by atoms with Crippen LogP contribution in [-0.2, 0) is 14.1 Å². The number of amides is 1. The molecule has 156 valence electrons. The van der Waals surface area contributed by atoms with E-state index in [9.17, 15) is 14.4 Å². The van der Waals surface area contributed by atoms with Crippen LogP contribution in [0.5, 0.6) is 0 Å². The van der Waals surface area contributed by atoms with Crippen LogP contribution >= 0.6 is 0 Å². The molecule has 0 spiro atoms. The van der Waals surface area contributed by atoms with Crippen LogP contribution in [0.2, 0.25) is 0 Å². The first kappa shape index (κ1) is 20.1. The van der Waals surface area contributed by atoms with E-state index in [1.807, 2.05) is 30.3 Å². The molecule has 4 rings (SSSR count). The number of nitrogens with zero attached hydrogens (tertiary/aromatic N) is 3. The van der Waals surface area contributed by atoms with Crippen molar-refractivity contribution in [2.24, 2.45) is 20.0 Å². The van der Waals surface area contributed by atoms with Crippen LogP contribution in [0, 0.1) is 5.92 Å². The Morgan fingerprint density at radius 3 is 2.40 bits per heavy atom. The van der Waals surface area contributed by atoms with Crippen molar-refractivity contribution >= 4 is 16.9 Å². The molecule has 1 saturated carbocycles. The van der Waals surface area contributed by atoms with E-state index in [-0.39, 0.29) is 23.3 Å². The summed E-state index contributed by atoms with van der Waals surface area (Å²) in [4.78, 5) is 42.1. The summed E-state index contributed by atoms with van der Waals surface area (Å²) in [5, 5.41) is 3.48. The van der Waals surface area contributed by atoms with Crippen LogP contribution in [0.1, 0.15) is 54.2 Å². The molecule has 1 aliphatic rings. The molecule has 7 nitrogen and oxygen atoms in total. The Labute approximate surface area is 174 Å². The topological polar surface area (TPSA) is 86.0 Å². The zero-order valence-corrected chi connectivity index (χ0v) is 17.3. The van der Waals surface area contributed by atoms with Crippen molar-refractivity contribution in [1.29, 1.82) is 0 Å². The minimum Gasteiger partial charge on any atom is -0.344 e. The average molecular weight is 406 g/mol. The van der Waals surface area contributed by atoms with Crippen LogP contribution in [0.15, 0.2) is 52.1 Å². The number of carbonyl (C=O) groups is 1. The molecular weight excluding hydrogens is 380 g/mol. The van der Waals surface area contributed by atoms with Crippen molar-refractivity contribution in [3.63, 3.8) is 0 Å². The molecule has 30 heavy (non-hydrogen) atoms. The molecule has 1 aliphatic carbocycles. The first-order valence-corrected chi connectivity index (χ1v) is 10.4. The standard InChI is InChI=1S/C23H26N4O3/c1-26-20-17(22(29)27(2)23(26)30)13-14-18(24-20)21(28)25-19(15-9-5-3-6-10-15)16-11-7-4-8-12-16/h3,5-6,9-10,13-14,16,19H,4,7-8,11-12H2,1-2H3,(H,25,28). The monoisotopic (exact) mass is 406 g/mol. The van der Waals surface area contributed by atoms with Crippen molar-refractivity contribution in [2.45, 2.75) is 38.1 Å². The number of benzene rings is 1. The van der Waals surface area contributed by atoms with Crippen molar-refractivity contribution < 1.29 is 4.79 Å². The first-order valence-electron chi connectivity index (χ1n) is 10.4. The van der Waals surface area contributed by atoms with Crippen LogP contribution in [0.25, 0.3) is 11.0 Å². The lowest BCUT2D eigenvalue weighted by atomic mass is 9.81. The molecule has 0 radical (unpaired) electrons. The molecule has 2 heterocycles. The van der Waals surface area contributed by atoms with Crippen molar-refractivity contribution in [3.8, 4) is 0 Å². The third-order valence-corrected chi connectivity index (χ3v) is 6.10. The van der Waals surface area contributed by atoms with Crippen molar-refractivity contribution in [1.82, 2.24) is 19.4 Å². The fraction of sp³-hybridized carbons (Fsp3) is 0.391. The maximum atomic E-state index is 13.1. The van der Waals surface area contributed by atoms with Gasteiger partial charge in [-0.25, -0.2) is 9.78 Å². The molecule has 1 fully saturated rings. The summed E-state index contributed by atoms with van der Waals surface area (Å²) in [6.45, 7) is 0. The Hall–Kier alpha value is -3.22.